The first-order valence-corrected chi connectivity index (χ1v) is 2.54. The Hall–Kier alpha value is -1.31. The molecule has 0 radical (unpaired) electrons. The molecule has 0 aliphatic heterocycles. The van der Waals surface area contributed by atoms with E-state index in [0.29, 0.717) is 5.82 Å². The van der Waals surface area contributed by atoms with E-state index in [-0.39, 0.29) is 0 Å². The molecule has 0 aromatic heterocycles. The number of nitrogens with zero attached hydrogens (tertiary/aromatic N) is 1. The van der Waals surface area contributed by atoms with E-state index in [2.05, 4.69) is 18.2 Å². The maximum absolute atomic E-state index is 5.31. The maximum atomic E-state index is 5.31. The van der Waals surface area contributed by atoms with Gasteiger partial charge in [0.1, 0.15) is 5.82 Å². The van der Waals surface area contributed by atoms with Crippen LogP contribution in [0.5, 0.6) is 0 Å². The lowest BCUT2D eigenvalue weighted by Crippen LogP contribution is -1.91. The summed E-state index contributed by atoms with van der Waals surface area (Å²) >= 11 is 0. The van der Waals surface area contributed by atoms with Gasteiger partial charge in [0, 0.05) is 6.21 Å². The monoisotopic (exact) mass is 122 g/mol. The Morgan fingerprint density at radius 2 is 2.00 bits per heavy atom. The third-order valence-electron chi connectivity index (χ3n) is 0.618. The Bertz CT molecular complexity index is 154. The van der Waals surface area contributed by atoms with Crippen LogP contribution in [-0.4, -0.2) is 6.21 Å². The second-order valence-electron chi connectivity index (χ2n) is 1.34. The summed E-state index contributed by atoms with van der Waals surface area (Å²) in [5.74, 6) is 0.435. The molecule has 2 heteroatoms. The van der Waals surface area contributed by atoms with Gasteiger partial charge in [-0.05, 0) is 6.08 Å². The van der Waals surface area contributed by atoms with Crippen molar-refractivity contribution in [3.63, 3.8) is 0 Å². The van der Waals surface area contributed by atoms with Gasteiger partial charge in [-0.2, -0.15) is 0 Å². The van der Waals surface area contributed by atoms with Crippen molar-refractivity contribution in [1.29, 1.82) is 0 Å². The molecule has 0 aromatic carbocycles. The van der Waals surface area contributed by atoms with Gasteiger partial charge in [-0.3, -0.25) is 0 Å². The lowest BCUT2D eigenvalue weighted by molar-refractivity contribution is 1.26. The van der Waals surface area contributed by atoms with Crippen LogP contribution in [-0.2, 0) is 0 Å². The maximum Gasteiger partial charge on any atom is 0.123 e. The molecule has 0 spiro atoms. The van der Waals surface area contributed by atoms with Crippen LogP contribution >= 0.6 is 0 Å². The molecule has 0 amide bonds. The molecule has 0 fully saturated rings. The minimum absolute atomic E-state index is 0.435. The van der Waals surface area contributed by atoms with E-state index in [1.165, 1.54) is 6.21 Å². The highest BCUT2D eigenvalue weighted by Gasteiger charge is 1.73. The zero-order valence-corrected chi connectivity index (χ0v) is 5.25. The van der Waals surface area contributed by atoms with E-state index in [1.54, 1.807) is 18.2 Å². The Balaban J connectivity index is 3.88. The Morgan fingerprint density at radius 1 is 1.33 bits per heavy atom. The van der Waals surface area contributed by atoms with Crippen molar-refractivity contribution in [2.75, 3.05) is 0 Å². The largest absolute Gasteiger partial charge is 0.384 e. The van der Waals surface area contributed by atoms with Gasteiger partial charge in [-0.25, -0.2) is 4.99 Å². The quantitative estimate of drug-likeness (QED) is 0.443. The van der Waals surface area contributed by atoms with E-state index < -0.39 is 0 Å². The molecule has 0 bridgehead atoms. The standard InChI is InChI=1S/C7H10N2/c1-3-5-7(8)9-6-4-2/h3-6H,1-2,8H2/b7-5-,9-6-. The number of hydrogen-bond acceptors (Lipinski definition) is 2. The summed E-state index contributed by atoms with van der Waals surface area (Å²) in [6.07, 6.45) is 6.27. The van der Waals surface area contributed by atoms with Gasteiger partial charge in [0.25, 0.3) is 0 Å². The van der Waals surface area contributed by atoms with Gasteiger partial charge in [0.2, 0.25) is 0 Å². The Morgan fingerprint density at radius 3 is 2.44 bits per heavy atom. The van der Waals surface area contributed by atoms with Crippen LogP contribution in [0.3, 0.4) is 0 Å². The molecule has 0 aliphatic carbocycles. The van der Waals surface area contributed by atoms with Gasteiger partial charge < -0.3 is 5.73 Å². The first-order chi connectivity index (χ1) is 4.31. The molecule has 9 heavy (non-hydrogen) atoms. The predicted octanol–water partition coefficient (Wildman–Crippen LogP) is 1.23. The summed E-state index contributed by atoms with van der Waals surface area (Å²) in [5.41, 5.74) is 5.31. The number of allylic oxidation sites excluding steroid dienone is 3. The fraction of sp³-hybridized carbons (Fsp3) is 0. The van der Waals surface area contributed by atoms with E-state index in [4.69, 9.17) is 5.73 Å². The predicted molar refractivity (Wildman–Crippen MR) is 41.2 cm³/mol. The lowest BCUT2D eigenvalue weighted by atomic mass is 10.5. The molecule has 2 nitrogen and oxygen atoms in total. The first kappa shape index (κ1) is 7.69. The Labute approximate surface area is 55.1 Å². The second-order valence-corrected chi connectivity index (χ2v) is 1.34. The van der Waals surface area contributed by atoms with Crippen LogP contribution in [0.2, 0.25) is 0 Å². The summed E-state index contributed by atoms with van der Waals surface area (Å²) in [6, 6.07) is 0. The first-order valence-electron chi connectivity index (χ1n) is 2.54. The van der Waals surface area contributed by atoms with Crippen LogP contribution in [0.4, 0.5) is 0 Å². The highest BCUT2D eigenvalue weighted by Crippen LogP contribution is 1.83. The van der Waals surface area contributed by atoms with E-state index in [9.17, 15) is 0 Å². The summed E-state index contributed by atoms with van der Waals surface area (Å²) in [7, 11) is 0. The molecule has 0 unspecified atom stereocenters. The molecule has 2 N–H and O–H groups in total. The number of nitrogens with two attached hydrogens (primary N) is 1. The van der Waals surface area contributed by atoms with Crippen molar-refractivity contribution >= 4 is 6.21 Å². The fourth-order valence-electron chi connectivity index (χ4n) is 0.303. The average molecular weight is 122 g/mol. The second kappa shape index (κ2) is 4.84. The zero-order chi connectivity index (χ0) is 7.11. The molecule has 0 saturated carbocycles. The minimum Gasteiger partial charge on any atom is -0.384 e. The van der Waals surface area contributed by atoms with Crippen LogP contribution in [0.25, 0.3) is 0 Å². The van der Waals surface area contributed by atoms with E-state index >= 15 is 0 Å². The molecular formula is C7H10N2. The molecule has 0 saturated heterocycles. The van der Waals surface area contributed by atoms with Crippen LogP contribution in [0.1, 0.15) is 0 Å². The van der Waals surface area contributed by atoms with Crippen molar-refractivity contribution in [1.82, 2.24) is 0 Å². The lowest BCUT2D eigenvalue weighted by Gasteiger charge is -1.84. The van der Waals surface area contributed by atoms with Crippen molar-refractivity contribution in [2.45, 2.75) is 0 Å². The van der Waals surface area contributed by atoms with Crippen molar-refractivity contribution in [3.05, 3.63) is 37.2 Å². The zero-order valence-electron chi connectivity index (χ0n) is 5.25. The van der Waals surface area contributed by atoms with E-state index in [0.717, 1.165) is 0 Å². The molecular weight excluding hydrogens is 112 g/mol. The van der Waals surface area contributed by atoms with Gasteiger partial charge in [-0.1, -0.05) is 25.3 Å². The van der Waals surface area contributed by atoms with Crippen LogP contribution in [0.15, 0.2) is 42.2 Å². The van der Waals surface area contributed by atoms with Gasteiger partial charge in [0.05, 0.1) is 0 Å². The highest BCUT2D eigenvalue weighted by atomic mass is 14.9. The summed E-state index contributed by atoms with van der Waals surface area (Å²) in [6.45, 7) is 6.89. The topological polar surface area (TPSA) is 38.4 Å². The normalized spacial score (nSPS) is 11.8. The van der Waals surface area contributed by atoms with Gasteiger partial charge in [0.15, 0.2) is 0 Å². The number of hydrogen-bond donors (Lipinski definition) is 1. The Kier molecular flexibility index (Phi) is 4.14. The number of aliphatic imine (C=N–C) groups is 1. The molecule has 0 aliphatic rings. The smallest absolute Gasteiger partial charge is 0.123 e. The summed E-state index contributed by atoms with van der Waals surface area (Å²) < 4.78 is 0. The van der Waals surface area contributed by atoms with Crippen LogP contribution < -0.4 is 5.73 Å². The molecule has 48 valence electrons. The molecule has 0 aromatic rings. The molecule has 0 heterocycles. The van der Waals surface area contributed by atoms with Crippen molar-refractivity contribution in [2.24, 2.45) is 10.7 Å². The number of rotatable bonds is 3. The fourth-order valence-corrected chi connectivity index (χ4v) is 0.303. The third kappa shape index (κ3) is 4.55. The molecule has 0 rings (SSSR count). The SMILES string of the molecule is C=C/C=N\C(N)=C/C=C. The van der Waals surface area contributed by atoms with Gasteiger partial charge >= 0.3 is 0 Å². The van der Waals surface area contributed by atoms with Crippen molar-refractivity contribution in [3.8, 4) is 0 Å². The molecule has 0 atom stereocenters. The third-order valence-corrected chi connectivity index (χ3v) is 0.618. The van der Waals surface area contributed by atoms with E-state index in [1.807, 2.05) is 0 Å². The minimum atomic E-state index is 0.435. The summed E-state index contributed by atoms with van der Waals surface area (Å²) in [5, 5.41) is 0. The van der Waals surface area contributed by atoms with Crippen LogP contribution in [0, 0.1) is 0 Å². The van der Waals surface area contributed by atoms with Gasteiger partial charge in [-0.15, -0.1) is 0 Å². The average Bonchev–Trinajstić information content (AvgIpc) is 1.85. The van der Waals surface area contributed by atoms with Crippen molar-refractivity contribution < 1.29 is 0 Å². The summed E-state index contributed by atoms with van der Waals surface area (Å²) in [4.78, 5) is 3.76. The highest BCUT2D eigenvalue weighted by molar-refractivity contribution is 5.71.